The predicted molar refractivity (Wildman–Crippen MR) is 84.4 cm³/mol. The van der Waals surface area contributed by atoms with E-state index < -0.39 is 0 Å². The summed E-state index contributed by atoms with van der Waals surface area (Å²) in [7, 11) is 0. The van der Waals surface area contributed by atoms with Gasteiger partial charge in [-0.05, 0) is 31.5 Å². The Balaban J connectivity index is 1.64. The minimum atomic E-state index is -0.262. The molecule has 124 valence electrons. The lowest BCUT2D eigenvalue weighted by atomic mass is 10.0. The molecule has 6 nitrogen and oxygen atoms in total. The van der Waals surface area contributed by atoms with Crippen LogP contribution in [-0.4, -0.2) is 43.0 Å². The maximum atomic E-state index is 12.4. The van der Waals surface area contributed by atoms with E-state index in [1.807, 2.05) is 32.0 Å². The van der Waals surface area contributed by atoms with E-state index in [2.05, 4.69) is 5.32 Å². The summed E-state index contributed by atoms with van der Waals surface area (Å²) in [6, 6.07) is 5.54. The van der Waals surface area contributed by atoms with Crippen molar-refractivity contribution in [1.82, 2.24) is 10.2 Å². The Bertz CT molecular complexity index is 617. The van der Waals surface area contributed by atoms with E-state index in [9.17, 15) is 9.59 Å². The molecule has 0 radical (unpaired) electrons. The van der Waals surface area contributed by atoms with Crippen molar-refractivity contribution in [2.75, 3.05) is 26.3 Å². The van der Waals surface area contributed by atoms with Gasteiger partial charge in [0, 0.05) is 19.5 Å². The number of nitrogens with zero attached hydrogens (tertiary/aromatic N) is 1. The van der Waals surface area contributed by atoms with Gasteiger partial charge in [-0.3, -0.25) is 9.59 Å². The summed E-state index contributed by atoms with van der Waals surface area (Å²) in [6.45, 7) is 6.11. The number of amides is 2. The van der Waals surface area contributed by atoms with Gasteiger partial charge >= 0.3 is 0 Å². The van der Waals surface area contributed by atoms with Gasteiger partial charge in [0.05, 0.1) is 12.0 Å². The molecule has 0 spiro atoms. The number of ether oxygens (including phenoxy) is 2. The Morgan fingerprint density at radius 2 is 2.09 bits per heavy atom. The van der Waals surface area contributed by atoms with Crippen molar-refractivity contribution in [2.24, 2.45) is 5.92 Å². The standard InChI is InChI=1S/C17H22N2O4/c1-3-19-10-13(9-16(19)20)17(21)18-11(2)12-4-5-14-15(8-12)23-7-6-22-14/h4-5,8,11,13H,3,6-7,9-10H2,1-2H3,(H,18,21)/t11-,13+/m0/s1. The molecule has 0 bridgehead atoms. The lowest BCUT2D eigenvalue weighted by Crippen LogP contribution is -2.34. The molecule has 1 N–H and O–H groups in total. The van der Waals surface area contributed by atoms with E-state index >= 15 is 0 Å². The second-order valence-corrected chi connectivity index (χ2v) is 5.97. The number of nitrogens with one attached hydrogen (secondary N) is 1. The van der Waals surface area contributed by atoms with Crippen molar-refractivity contribution in [1.29, 1.82) is 0 Å². The topological polar surface area (TPSA) is 67.9 Å². The number of fused-ring (bicyclic) bond motifs is 1. The average molecular weight is 318 g/mol. The Hall–Kier alpha value is -2.24. The maximum absolute atomic E-state index is 12.4. The molecule has 2 amide bonds. The summed E-state index contributed by atoms with van der Waals surface area (Å²) in [4.78, 5) is 25.9. The van der Waals surface area contributed by atoms with Crippen LogP contribution in [0.15, 0.2) is 18.2 Å². The Labute approximate surface area is 135 Å². The summed E-state index contributed by atoms with van der Waals surface area (Å²) in [5.41, 5.74) is 0.958. The summed E-state index contributed by atoms with van der Waals surface area (Å²) < 4.78 is 11.1. The fourth-order valence-electron chi connectivity index (χ4n) is 3.00. The highest BCUT2D eigenvalue weighted by atomic mass is 16.6. The highest BCUT2D eigenvalue weighted by molar-refractivity contribution is 5.89. The smallest absolute Gasteiger partial charge is 0.225 e. The first-order valence-electron chi connectivity index (χ1n) is 8.06. The third kappa shape index (κ3) is 3.25. The van der Waals surface area contributed by atoms with E-state index in [1.54, 1.807) is 4.90 Å². The molecular formula is C17H22N2O4. The molecule has 2 aliphatic heterocycles. The molecule has 23 heavy (non-hydrogen) atoms. The van der Waals surface area contributed by atoms with Gasteiger partial charge in [0.2, 0.25) is 11.8 Å². The first kappa shape index (κ1) is 15.6. The monoisotopic (exact) mass is 318 g/mol. The van der Waals surface area contributed by atoms with Crippen LogP contribution in [0.2, 0.25) is 0 Å². The van der Waals surface area contributed by atoms with E-state index in [1.165, 1.54) is 0 Å². The summed E-state index contributed by atoms with van der Waals surface area (Å²) in [5.74, 6) is 1.17. The molecule has 1 saturated heterocycles. The van der Waals surface area contributed by atoms with Crippen LogP contribution in [0.5, 0.6) is 11.5 Å². The zero-order valence-electron chi connectivity index (χ0n) is 13.5. The number of carbonyl (C=O) groups excluding carboxylic acids is 2. The molecule has 2 aliphatic rings. The van der Waals surface area contributed by atoms with E-state index in [0.717, 1.165) is 11.3 Å². The molecule has 3 rings (SSSR count). The van der Waals surface area contributed by atoms with Crippen molar-refractivity contribution in [3.05, 3.63) is 23.8 Å². The van der Waals surface area contributed by atoms with Crippen molar-refractivity contribution >= 4 is 11.8 Å². The lowest BCUT2D eigenvalue weighted by molar-refractivity contribution is -0.129. The van der Waals surface area contributed by atoms with Gasteiger partial charge in [0.1, 0.15) is 13.2 Å². The number of hydrogen-bond acceptors (Lipinski definition) is 4. The highest BCUT2D eigenvalue weighted by Gasteiger charge is 2.33. The van der Waals surface area contributed by atoms with Gasteiger partial charge in [-0.15, -0.1) is 0 Å². The first-order chi connectivity index (χ1) is 11.1. The summed E-state index contributed by atoms with van der Waals surface area (Å²) in [6.07, 6.45) is 0.299. The van der Waals surface area contributed by atoms with Gasteiger partial charge in [-0.25, -0.2) is 0 Å². The molecule has 1 fully saturated rings. The fraction of sp³-hybridized carbons (Fsp3) is 0.529. The molecule has 1 aromatic carbocycles. The van der Waals surface area contributed by atoms with Crippen LogP contribution in [0.25, 0.3) is 0 Å². The van der Waals surface area contributed by atoms with E-state index in [-0.39, 0.29) is 23.8 Å². The zero-order chi connectivity index (χ0) is 16.4. The van der Waals surface area contributed by atoms with E-state index in [4.69, 9.17) is 9.47 Å². The van der Waals surface area contributed by atoms with Crippen LogP contribution in [0.3, 0.4) is 0 Å². The summed E-state index contributed by atoms with van der Waals surface area (Å²) in [5, 5.41) is 3.00. The summed E-state index contributed by atoms with van der Waals surface area (Å²) >= 11 is 0. The Morgan fingerprint density at radius 1 is 1.35 bits per heavy atom. The Kier molecular flexibility index (Phi) is 4.41. The van der Waals surface area contributed by atoms with Crippen molar-refractivity contribution in [3.8, 4) is 11.5 Å². The minimum Gasteiger partial charge on any atom is -0.486 e. The maximum Gasteiger partial charge on any atom is 0.225 e. The molecule has 6 heteroatoms. The Morgan fingerprint density at radius 3 is 2.78 bits per heavy atom. The van der Waals surface area contributed by atoms with Crippen LogP contribution < -0.4 is 14.8 Å². The third-order valence-corrected chi connectivity index (χ3v) is 4.39. The average Bonchev–Trinajstić information content (AvgIpc) is 2.95. The van der Waals surface area contributed by atoms with Crippen LogP contribution >= 0.6 is 0 Å². The van der Waals surface area contributed by atoms with Crippen LogP contribution in [0.4, 0.5) is 0 Å². The van der Waals surface area contributed by atoms with Crippen LogP contribution in [0, 0.1) is 5.92 Å². The highest BCUT2D eigenvalue weighted by Crippen LogP contribution is 2.32. The van der Waals surface area contributed by atoms with Gasteiger partial charge in [0.25, 0.3) is 0 Å². The molecule has 0 unspecified atom stereocenters. The lowest BCUT2D eigenvalue weighted by Gasteiger charge is -2.22. The van der Waals surface area contributed by atoms with Gasteiger partial charge in [-0.1, -0.05) is 6.07 Å². The minimum absolute atomic E-state index is 0.0552. The number of carbonyl (C=O) groups is 2. The van der Waals surface area contributed by atoms with Gasteiger partial charge in [0.15, 0.2) is 11.5 Å². The molecule has 2 heterocycles. The molecule has 2 atom stereocenters. The van der Waals surface area contributed by atoms with Crippen LogP contribution in [0.1, 0.15) is 31.9 Å². The largest absolute Gasteiger partial charge is 0.486 e. The molecular weight excluding hydrogens is 296 g/mol. The van der Waals surface area contributed by atoms with E-state index in [0.29, 0.717) is 38.5 Å². The second-order valence-electron chi connectivity index (χ2n) is 5.97. The zero-order valence-corrected chi connectivity index (χ0v) is 13.5. The van der Waals surface area contributed by atoms with Crippen molar-refractivity contribution in [2.45, 2.75) is 26.3 Å². The first-order valence-corrected chi connectivity index (χ1v) is 8.06. The quantitative estimate of drug-likeness (QED) is 0.913. The second kappa shape index (κ2) is 6.48. The molecule has 0 aromatic heterocycles. The fourth-order valence-corrected chi connectivity index (χ4v) is 3.00. The van der Waals surface area contributed by atoms with Crippen LogP contribution in [-0.2, 0) is 9.59 Å². The van der Waals surface area contributed by atoms with Gasteiger partial charge in [-0.2, -0.15) is 0 Å². The van der Waals surface area contributed by atoms with Crippen molar-refractivity contribution < 1.29 is 19.1 Å². The number of likely N-dealkylation sites (tertiary alicyclic amines) is 1. The van der Waals surface area contributed by atoms with Crippen molar-refractivity contribution in [3.63, 3.8) is 0 Å². The number of benzene rings is 1. The van der Waals surface area contributed by atoms with Gasteiger partial charge < -0.3 is 19.7 Å². The SMILES string of the molecule is CCN1C[C@H](C(=O)N[C@@H](C)c2ccc3c(c2)OCCO3)CC1=O. The molecule has 1 aromatic rings. The predicted octanol–water partition coefficient (Wildman–Crippen LogP) is 1.50. The third-order valence-electron chi connectivity index (χ3n) is 4.39. The normalized spacial score (nSPS) is 21.2. The molecule has 0 aliphatic carbocycles. The molecule has 0 saturated carbocycles. The number of rotatable bonds is 4. The number of hydrogen-bond donors (Lipinski definition) is 1.